The van der Waals surface area contributed by atoms with Gasteiger partial charge in [-0.05, 0) is 55.2 Å². The van der Waals surface area contributed by atoms with Crippen LogP contribution in [0.25, 0.3) is 21.3 Å². The lowest BCUT2D eigenvalue weighted by Crippen LogP contribution is -1.97. The van der Waals surface area contributed by atoms with Gasteiger partial charge in [0.2, 0.25) is 0 Å². The quantitative estimate of drug-likeness (QED) is 0.600. The fourth-order valence-corrected chi connectivity index (χ4v) is 4.52. The van der Waals surface area contributed by atoms with Crippen LogP contribution < -0.4 is 0 Å². The van der Waals surface area contributed by atoms with Crippen molar-refractivity contribution >= 4 is 21.4 Å². The van der Waals surface area contributed by atoms with Crippen molar-refractivity contribution in [1.82, 2.24) is 4.98 Å². The van der Waals surface area contributed by atoms with E-state index in [-0.39, 0.29) is 0 Å². The van der Waals surface area contributed by atoms with E-state index in [4.69, 9.17) is 0 Å². The molecular formula is C18H17NS. The van der Waals surface area contributed by atoms with Crippen LogP contribution in [0, 0.1) is 6.92 Å². The third-order valence-electron chi connectivity index (χ3n) is 4.17. The standard InChI is InChI=1S/C18H17NS/c1-12-9-10-16(19-11-12)15-7-4-6-14-13-5-2-3-8-17(13)20-18(14)15/h4,6-7,9-11H,2-3,5,8H2,1H3. The Morgan fingerprint density at radius 1 is 1.05 bits per heavy atom. The Kier molecular flexibility index (Phi) is 2.85. The van der Waals surface area contributed by atoms with E-state index >= 15 is 0 Å². The predicted molar refractivity (Wildman–Crippen MR) is 86.4 cm³/mol. The molecule has 0 atom stereocenters. The Balaban J connectivity index is 1.96. The molecule has 0 saturated carbocycles. The average Bonchev–Trinajstić information content (AvgIpc) is 2.87. The van der Waals surface area contributed by atoms with Gasteiger partial charge >= 0.3 is 0 Å². The van der Waals surface area contributed by atoms with Gasteiger partial charge in [0.15, 0.2) is 0 Å². The van der Waals surface area contributed by atoms with Crippen LogP contribution in [-0.2, 0) is 12.8 Å². The molecule has 3 aromatic rings. The number of aryl methyl sites for hydroxylation is 3. The summed E-state index contributed by atoms with van der Waals surface area (Å²) in [6, 6.07) is 11.0. The molecule has 1 aromatic carbocycles. The second kappa shape index (κ2) is 4.71. The number of rotatable bonds is 1. The van der Waals surface area contributed by atoms with Crippen LogP contribution in [0.3, 0.4) is 0 Å². The topological polar surface area (TPSA) is 12.9 Å². The van der Waals surface area contributed by atoms with E-state index in [0.29, 0.717) is 0 Å². The average molecular weight is 279 g/mol. The highest BCUT2D eigenvalue weighted by Gasteiger charge is 2.18. The van der Waals surface area contributed by atoms with Gasteiger partial charge in [0.05, 0.1) is 5.69 Å². The van der Waals surface area contributed by atoms with E-state index in [1.54, 1.807) is 10.4 Å². The Morgan fingerprint density at radius 3 is 2.80 bits per heavy atom. The molecule has 0 spiro atoms. The lowest BCUT2D eigenvalue weighted by molar-refractivity contribution is 0.700. The Bertz CT molecular complexity index is 768. The molecule has 100 valence electrons. The minimum absolute atomic E-state index is 1.10. The lowest BCUT2D eigenvalue weighted by atomic mass is 9.95. The minimum atomic E-state index is 1.10. The zero-order valence-corrected chi connectivity index (χ0v) is 12.5. The van der Waals surface area contributed by atoms with Crippen LogP contribution in [0.2, 0.25) is 0 Å². The van der Waals surface area contributed by atoms with Crippen molar-refractivity contribution in [2.24, 2.45) is 0 Å². The van der Waals surface area contributed by atoms with Crippen molar-refractivity contribution < 1.29 is 0 Å². The molecular weight excluding hydrogens is 262 g/mol. The van der Waals surface area contributed by atoms with Crippen LogP contribution in [-0.4, -0.2) is 4.98 Å². The van der Waals surface area contributed by atoms with Crippen LogP contribution in [0.4, 0.5) is 0 Å². The van der Waals surface area contributed by atoms with Crippen molar-refractivity contribution in [3.63, 3.8) is 0 Å². The highest BCUT2D eigenvalue weighted by atomic mass is 32.1. The van der Waals surface area contributed by atoms with Crippen molar-refractivity contribution in [1.29, 1.82) is 0 Å². The number of pyridine rings is 1. The smallest absolute Gasteiger partial charge is 0.0716 e. The molecule has 0 saturated heterocycles. The lowest BCUT2D eigenvalue weighted by Gasteiger charge is -2.10. The minimum Gasteiger partial charge on any atom is -0.256 e. The molecule has 0 fully saturated rings. The second-order valence-corrected chi connectivity index (χ2v) is 6.72. The molecule has 2 heterocycles. The molecule has 1 nitrogen and oxygen atoms in total. The second-order valence-electron chi connectivity index (χ2n) is 5.61. The zero-order valence-electron chi connectivity index (χ0n) is 11.6. The summed E-state index contributed by atoms with van der Waals surface area (Å²) < 4.78 is 1.43. The van der Waals surface area contributed by atoms with Crippen molar-refractivity contribution in [2.45, 2.75) is 32.6 Å². The predicted octanol–water partition coefficient (Wildman–Crippen LogP) is 5.15. The molecule has 0 N–H and O–H groups in total. The number of aromatic nitrogens is 1. The number of nitrogens with zero attached hydrogens (tertiary/aromatic N) is 1. The van der Waals surface area contributed by atoms with Crippen molar-refractivity contribution in [3.05, 3.63) is 52.5 Å². The maximum absolute atomic E-state index is 4.61. The molecule has 1 aliphatic carbocycles. The van der Waals surface area contributed by atoms with Gasteiger partial charge in [0, 0.05) is 21.3 Å². The van der Waals surface area contributed by atoms with Crippen molar-refractivity contribution in [3.8, 4) is 11.3 Å². The molecule has 0 bridgehead atoms. The monoisotopic (exact) mass is 279 g/mol. The molecule has 0 radical (unpaired) electrons. The number of fused-ring (bicyclic) bond motifs is 3. The van der Waals surface area contributed by atoms with Gasteiger partial charge in [0.1, 0.15) is 0 Å². The van der Waals surface area contributed by atoms with Gasteiger partial charge in [-0.25, -0.2) is 0 Å². The summed E-state index contributed by atoms with van der Waals surface area (Å²) in [6.07, 6.45) is 7.15. The third kappa shape index (κ3) is 1.87. The third-order valence-corrected chi connectivity index (χ3v) is 5.51. The highest BCUT2D eigenvalue weighted by molar-refractivity contribution is 7.19. The van der Waals surface area contributed by atoms with E-state index in [9.17, 15) is 0 Å². The summed E-state index contributed by atoms with van der Waals surface area (Å²) >= 11 is 1.99. The Morgan fingerprint density at radius 2 is 1.95 bits per heavy atom. The number of hydrogen-bond acceptors (Lipinski definition) is 2. The molecule has 0 aliphatic heterocycles. The fraction of sp³-hybridized carbons (Fsp3) is 0.278. The largest absolute Gasteiger partial charge is 0.256 e. The molecule has 0 amide bonds. The molecule has 4 rings (SSSR count). The molecule has 2 aromatic heterocycles. The molecule has 2 heteroatoms. The number of thiophene rings is 1. The van der Waals surface area contributed by atoms with Gasteiger partial charge in [-0.2, -0.15) is 0 Å². The Labute approximate surface area is 123 Å². The first-order valence-corrected chi connectivity index (χ1v) is 8.11. The first-order chi connectivity index (χ1) is 9.83. The van der Waals surface area contributed by atoms with Gasteiger partial charge in [-0.1, -0.05) is 24.3 Å². The fourth-order valence-electron chi connectivity index (χ4n) is 3.11. The summed E-state index contributed by atoms with van der Waals surface area (Å²) in [5.41, 5.74) is 5.21. The van der Waals surface area contributed by atoms with Crippen LogP contribution in [0.15, 0.2) is 36.5 Å². The summed E-state index contributed by atoms with van der Waals surface area (Å²) in [5.74, 6) is 0. The molecule has 0 unspecified atom stereocenters. The molecule has 20 heavy (non-hydrogen) atoms. The Hall–Kier alpha value is -1.67. The van der Waals surface area contributed by atoms with Crippen LogP contribution >= 0.6 is 11.3 Å². The van der Waals surface area contributed by atoms with Crippen LogP contribution in [0.1, 0.15) is 28.8 Å². The van der Waals surface area contributed by atoms with Crippen molar-refractivity contribution in [2.75, 3.05) is 0 Å². The number of benzene rings is 1. The van der Waals surface area contributed by atoms with E-state index in [0.717, 1.165) is 5.69 Å². The normalized spacial score (nSPS) is 14.4. The van der Waals surface area contributed by atoms with Gasteiger partial charge in [-0.15, -0.1) is 11.3 Å². The maximum Gasteiger partial charge on any atom is 0.0716 e. The first kappa shape index (κ1) is 12.1. The van der Waals surface area contributed by atoms with Gasteiger partial charge in [-0.3, -0.25) is 4.98 Å². The van der Waals surface area contributed by atoms with E-state index in [1.165, 1.54) is 46.9 Å². The summed E-state index contributed by atoms with van der Waals surface area (Å²) in [5, 5.41) is 1.46. The summed E-state index contributed by atoms with van der Waals surface area (Å²) in [7, 11) is 0. The SMILES string of the molecule is Cc1ccc(-c2cccc3c4c(sc23)CCCC4)nc1. The van der Waals surface area contributed by atoms with E-state index < -0.39 is 0 Å². The van der Waals surface area contributed by atoms with E-state index in [2.05, 4.69) is 42.2 Å². The zero-order chi connectivity index (χ0) is 13.5. The molecule has 1 aliphatic rings. The van der Waals surface area contributed by atoms with E-state index in [1.807, 2.05) is 17.5 Å². The number of hydrogen-bond donors (Lipinski definition) is 0. The highest BCUT2D eigenvalue weighted by Crippen LogP contribution is 2.40. The van der Waals surface area contributed by atoms with Gasteiger partial charge in [0.25, 0.3) is 0 Å². The summed E-state index contributed by atoms with van der Waals surface area (Å²) in [6.45, 7) is 2.08. The maximum atomic E-state index is 4.61. The van der Waals surface area contributed by atoms with Gasteiger partial charge < -0.3 is 0 Å². The first-order valence-electron chi connectivity index (χ1n) is 7.29. The van der Waals surface area contributed by atoms with Crippen LogP contribution in [0.5, 0.6) is 0 Å². The summed E-state index contributed by atoms with van der Waals surface area (Å²) in [4.78, 5) is 6.21.